The number of carbonyl (C=O) groups is 2. The quantitative estimate of drug-likeness (QED) is 0.548. The summed E-state index contributed by atoms with van der Waals surface area (Å²) in [4.78, 5) is 26.9. The predicted octanol–water partition coefficient (Wildman–Crippen LogP) is 5.48. The molecule has 1 aliphatic carbocycles. The minimum atomic E-state index is -0.437. The van der Waals surface area contributed by atoms with Crippen LogP contribution in [0.3, 0.4) is 0 Å². The second-order valence-electron chi connectivity index (χ2n) is 7.27. The van der Waals surface area contributed by atoms with Crippen molar-refractivity contribution in [3.8, 4) is 0 Å². The molecule has 4 heteroatoms. The van der Waals surface area contributed by atoms with Gasteiger partial charge in [0.25, 0.3) is 0 Å². The maximum atomic E-state index is 13.0. The van der Waals surface area contributed by atoms with Gasteiger partial charge in [0.05, 0.1) is 5.57 Å². The maximum Gasteiger partial charge on any atom is 0.234 e. The zero-order valence-electron chi connectivity index (χ0n) is 15.3. The Morgan fingerprint density at radius 1 is 0.893 bits per heavy atom. The van der Waals surface area contributed by atoms with Crippen LogP contribution in [-0.2, 0) is 9.53 Å². The van der Waals surface area contributed by atoms with E-state index in [1.807, 2.05) is 29.6 Å². The molecule has 2 atom stereocenters. The minimum absolute atomic E-state index is 0.139. The predicted molar refractivity (Wildman–Crippen MR) is 109 cm³/mol. The van der Waals surface area contributed by atoms with E-state index in [2.05, 4.69) is 31.2 Å². The SMILES string of the molecule is Cc1ccc([C@@H]2C[C@@H](c3cccs3)C3=C(O2)c2ccccc2C(=O)C3=O)cc1. The Balaban J connectivity index is 1.70. The van der Waals surface area contributed by atoms with E-state index < -0.39 is 11.6 Å². The lowest BCUT2D eigenvalue weighted by Gasteiger charge is -2.36. The van der Waals surface area contributed by atoms with Crippen LogP contribution in [0.1, 0.15) is 50.4 Å². The number of hydrogen-bond acceptors (Lipinski definition) is 4. The number of thiophene rings is 1. The van der Waals surface area contributed by atoms with Crippen molar-refractivity contribution in [2.75, 3.05) is 0 Å². The second-order valence-corrected chi connectivity index (χ2v) is 8.25. The Bertz CT molecular complexity index is 1110. The summed E-state index contributed by atoms with van der Waals surface area (Å²) in [5.41, 5.74) is 3.94. The highest BCUT2D eigenvalue weighted by Gasteiger charge is 2.43. The molecule has 0 N–H and O–H groups in total. The molecule has 0 radical (unpaired) electrons. The maximum absolute atomic E-state index is 13.0. The summed E-state index contributed by atoms with van der Waals surface area (Å²) in [5, 5.41) is 2.01. The molecule has 2 aliphatic rings. The number of benzene rings is 2. The van der Waals surface area contributed by atoms with Crippen LogP contribution in [0.5, 0.6) is 0 Å². The first kappa shape index (κ1) is 17.1. The molecule has 3 nitrogen and oxygen atoms in total. The number of aryl methyl sites for hydroxylation is 1. The largest absolute Gasteiger partial charge is 0.485 e. The molecule has 0 unspecified atom stereocenters. The number of ether oxygens (including phenoxy) is 1. The van der Waals surface area contributed by atoms with Gasteiger partial charge >= 0.3 is 0 Å². The number of hydrogen-bond donors (Lipinski definition) is 0. The summed E-state index contributed by atoms with van der Waals surface area (Å²) in [7, 11) is 0. The Hall–Kier alpha value is -2.98. The van der Waals surface area contributed by atoms with E-state index in [9.17, 15) is 9.59 Å². The molecule has 5 rings (SSSR count). The number of carbonyl (C=O) groups excluding carboxylic acids is 2. The van der Waals surface area contributed by atoms with E-state index in [0.717, 1.165) is 16.0 Å². The zero-order valence-corrected chi connectivity index (χ0v) is 16.2. The van der Waals surface area contributed by atoms with Crippen LogP contribution < -0.4 is 0 Å². The smallest absolute Gasteiger partial charge is 0.234 e. The fourth-order valence-electron chi connectivity index (χ4n) is 4.07. The third kappa shape index (κ3) is 2.64. The van der Waals surface area contributed by atoms with Gasteiger partial charge in [0.2, 0.25) is 11.6 Å². The normalized spacial score (nSPS) is 21.2. The highest BCUT2D eigenvalue weighted by atomic mass is 32.1. The Morgan fingerprint density at radius 3 is 2.36 bits per heavy atom. The highest BCUT2D eigenvalue weighted by molar-refractivity contribution is 7.10. The molecule has 1 aliphatic heterocycles. The topological polar surface area (TPSA) is 43.4 Å². The molecule has 0 saturated carbocycles. The van der Waals surface area contributed by atoms with E-state index in [0.29, 0.717) is 23.3 Å². The number of fused-ring (bicyclic) bond motifs is 2. The minimum Gasteiger partial charge on any atom is -0.485 e. The summed E-state index contributed by atoms with van der Waals surface area (Å²) < 4.78 is 6.40. The van der Waals surface area contributed by atoms with Crippen molar-refractivity contribution in [1.82, 2.24) is 0 Å². The van der Waals surface area contributed by atoms with Gasteiger partial charge in [-0.25, -0.2) is 0 Å². The van der Waals surface area contributed by atoms with Crippen molar-refractivity contribution >= 4 is 28.7 Å². The van der Waals surface area contributed by atoms with Crippen molar-refractivity contribution < 1.29 is 14.3 Å². The number of rotatable bonds is 2. The van der Waals surface area contributed by atoms with E-state index in [-0.39, 0.29) is 12.0 Å². The molecule has 2 aromatic carbocycles. The van der Waals surface area contributed by atoms with E-state index in [1.165, 1.54) is 5.56 Å². The van der Waals surface area contributed by atoms with E-state index in [4.69, 9.17) is 4.74 Å². The molecule has 0 spiro atoms. The van der Waals surface area contributed by atoms with E-state index in [1.54, 1.807) is 23.5 Å². The monoisotopic (exact) mass is 386 g/mol. The van der Waals surface area contributed by atoms with Crippen molar-refractivity contribution in [3.63, 3.8) is 0 Å². The summed E-state index contributed by atoms with van der Waals surface area (Å²) >= 11 is 1.62. The van der Waals surface area contributed by atoms with Gasteiger partial charge in [0, 0.05) is 28.3 Å². The molecular weight excluding hydrogens is 368 g/mol. The fraction of sp³-hybridized carbons (Fsp3) is 0.167. The van der Waals surface area contributed by atoms with Gasteiger partial charge in [-0.15, -0.1) is 11.3 Å². The number of Topliss-reactive ketones (excluding diaryl/α,β-unsaturated/α-hetero) is 2. The van der Waals surface area contributed by atoms with Gasteiger partial charge in [-0.05, 0) is 23.9 Å². The van der Waals surface area contributed by atoms with Crippen LogP contribution in [-0.4, -0.2) is 11.6 Å². The summed E-state index contributed by atoms with van der Waals surface area (Å²) in [5.74, 6) is -0.446. The third-order valence-electron chi connectivity index (χ3n) is 5.51. The van der Waals surface area contributed by atoms with Crippen LogP contribution in [0.4, 0.5) is 0 Å². The number of ketones is 2. The van der Waals surface area contributed by atoms with Gasteiger partial charge in [-0.2, -0.15) is 0 Å². The van der Waals surface area contributed by atoms with Gasteiger partial charge in [-0.3, -0.25) is 9.59 Å². The van der Waals surface area contributed by atoms with Crippen molar-refractivity contribution in [3.05, 3.63) is 98.7 Å². The van der Waals surface area contributed by atoms with Crippen molar-refractivity contribution in [2.45, 2.75) is 25.4 Å². The third-order valence-corrected chi connectivity index (χ3v) is 6.49. The van der Waals surface area contributed by atoms with Gasteiger partial charge in [0.1, 0.15) is 11.9 Å². The first-order valence-corrected chi connectivity index (χ1v) is 10.2. The lowest BCUT2D eigenvalue weighted by atomic mass is 9.77. The van der Waals surface area contributed by atoms with Crippen LogP contribution >= 0.6 is 11.3 Å². The average molecular weight is 386 g/mol. The van der Waals surface area contributed by atoms with Crippen molar-refractivity contribution in [1.29, 1.82) is 0 Å². The fourth-order valence-corrected chi connectivity index (χ4v) is 4.92. The first-order chi connectivity index (χ1) is 13.6. The van der Waals surface area contributed by atoms with Crippen LogP contribution in [0.15, 0.2) is 71.6 Å². The summed E-state index contributed by atoms with van der Waals surface area (Å²) in [6, 6.07) is 19.6. The molecule has 28 heavy (non-hydrogen) atoms. The van der Waals surface area contributed by atoms with Crippen LogP contribution in [0.2, 0.25) is 0 Å². The molecule has 138 valence electrons. The summed E-state index contributed by atoms with van der Waals surface area (Å²) in [6.07, 6.45) is 0.476. The van der Waals surface area contributed by atoms with Crippen LogP contribution in [0.25, 0.3) is 5.76 Å². The molecule has 3 aromatic rings. The second kappa shape index (κ2) is 6.57. The molecule has 0 fully saturated rings. The molecule has 2 heterocycles. The van der Waals surface area contributed by atoms with Crippen molar-refractivity contribution in [2.24, 2.45) is 0 Å². The Kier molecular flexibility index (Phi) is 4.02. The lowest BCUT2D eigenvalue weighted by molar-refractivity contribution is -0.112. The van der Waals surface area contributed by atoms with Gasteiger partial charge < -0.3 is 4.74 Å². The summed E-state index contributed by atoms with van der Waals surface area (Å²) in [6.45, 7) is 2.06. The highest BCUT2D eigenvalue weighted by Crippen LogP contribution is 2.49. The molecule has 0 saturated heterocycles. The molecular formula is C24H18O3S. The molecule has 0 bridgehead atoms. The average Bonchev–Trinajstić information content (AvgIpc) is 3.26. The van der Waals surface area contributed by atoms with Crippen LogP contribution in [0, 0.1) is 6.92 Å². The van der Waals surface area contributed by atoms with Gasteiger partial charge in [0.15, 0.2) is 0 Å². The molecule has 0 amide bonds. The first-order valence-electron chi connectivity index (χ1n) is 9.32. The van der Waals surface area contributed by atoms with E-state index >= 15 is 0 Å². The Morgan fingerprint density at radius 2 is 1.64 bits per heavy atom. The lowest BCUT2D eigenvalue weighted by Crippen LogP contribution is -2.32. The zero-order chi connectivity index (χ0) is 19.3. The standard InChI is InChI=1S/C24H18O3S/c1-14-8-10-15(11-9-14)19-13-18(20-7-4-12-28-20)21-23(26)22(25)16-5-2-3-6-17(16)24(21)27-19/h2-12,18-19H,13H2,1H3/t18-,19-/m0/s1. The number of allylic oxidation sites excluding steroid dienone is 1. The van der Waals surface area contributed by atoms with Gasteiger partial charge in [-0.1, -0.05) is 60.2 Å². The Labute approximate surface area is 167 Å². The molecule has 1 aromatic heterocycles.